The Morgan fingerprint density at radius 3 is 3.00 bits per heavy atom. The Morgan fingerprint density at radius 2 is 2.21 bits per heavy atom. The lowest BCUT2D eigenvalue weighted by molar-refractivity contribution is 0.567. The highest BCUT2D eigenvalue weighted by Crippen LogP contribution is 2.29. The number of aromatic nitrogens is 2. The van der Waals surface area contributed by atoms with Gasteiger partial charge >= 0.3 is 0 Å². The minimum Gasteiger partial charge on any atom is -0.355 e. The minimum atomic E-state index is -3.13. The number of aryl methyl sites for hydroxylation is 1. The van der Waals surface area contributed by atoms with Gasteiger partial charge in [-0.05, 0) is 25.7 Å². The van der Waals surface area contributed by atoms with Gasteiger partial charge in [0.2, 0.25) is 10.0 Å². The Bertz CT molecular complexity index is 587. The summed E-state index contributed by atoms with van der Waals surface area (Å²) in [5.74, 6) is 1.00. The molecule has 0 saturated carbocycles. The van der Waals surface area contributed by atoms with Gasteiger partial charge in [-0.25, -0.2) is 23.1 Å². The fourth-order valence-corrected chi connectivity index (χ4v) is 3.76. The number of anilines is 1. The van der Waals surface area contributed by atoms with Crippen molar-refractivity contribution in [3.05, 3.63) is 17.6 Å². The van der Waals surface area contributed by atoms with Crippen LogP contribution in [0.3, 0.4) is 0 Å². The number of hydrogen-bond acceptors (Lipinski definition) is 5. The van der Waals surface area contributed by atoms with Gasteiger partial charge in [0, 0.05) is 30.4 Å². The van der Waals surface area contributed by atoms with Gasteiger partial charge in [0.25, 0.3) is 0 Å². The molecule has 1 aliphatic heterocycles. The molecule has 2 heterocycles. The number of rotatable bonds is 3. The lowest BCUT2D eigenvalue weighted by Gasteiger charge is -2.20. The van der Waals surface area contributed by atoms with Crippen molar-refractivity contribution >= 4 is 15.8 Å². The fourth-order valence-electron chi connectivity index (χ4n) is 2.97. The van der Waals surface area contributed by atoms with E-state index in [9.17, 15) is 8.42 Å². The van der Waals surface area contributed by atoms with Gasteiger partial charge in [0.1, 0.15) is 12.1 Å². The van der Waals surface area contributed by atoms with Gasteiger partial charge in [-0.15, -0.1) is 0 Å². The van der Waals surface area contributed by atoms with Gasteiger partial charge in [-0.3, -0.25) is 0 Å². The van der Waals surface area contributed by atoms with Crippen molar-refractivity contribution in [1.82, 2.24) is 14.7 Å². The maximum absolute atomic E-state index is 11.3. The third-order valence-corrected chi connectivity index (χ3v) is 4.48. The van der Waals surface area contributed by atoms with Crippen LogP contribution in [0, 0.1) is 0 Å². The third-order valence-electron chi connectivity index (χ3n) is 3.72. The lowest BCUT2D eigenvalue weighted by atomic mass is 10.2. The summed E-state index contributed by atoms with van der Waals surface area (Å²) in [5, 5.41) is 0. The van der Waals surface area contributed by atoms with E-state index in [1.54, 1.807) is 6.33 Å². The molecule has 0 aromatic carbocycles. The Kier molecular flexibility index (Phi) is 3.18. The summed E-state index contributed by atoms with van der Waals surface area (Å²) >= 11 is 0. The highest BCUT2D eigenvalue weighted by atomic mass is 32.2. The second-order valence-corrected chi connectivity index (χ2v) is 7.08. The van der Waals surface area contributed by atoms with Crippen LogP contribution < -0.4 is 9.62 Å². The zero-order valence-corrected chi connectivity index (χ0v) is 11.8. The molecular formula is C12H18N4O2S. The maximum Gasteiger partial charge on any atom is 0.209 e. The topological polar surface area (TPSA) is 75.2 Å². The highest BCUT2D eigenvalue weighted by Gasteiger charge is 2.28. The Balaban J connectivity index is 1.77. The molecule has 1 saturated heterocycles. The van der Waals surface area contributed by atoms with Gasteiger partial charge < -0.3 is 4.90 Å². The standard InChI is InChI=1S/C12H18N4O2S/c1-19(17,18)15-9-5-6-16(7-9)12-10-3-2-4-11(10)13-8-14-12/h8-9,15H,2-7H2,1H3. The van der Waals surface area contributed by atoms with Gasteiger partial charge in [0.15, 0.2) is 0 Å². The SMILES string of the molecule is CS(=O)(=O)NC1CCN(c2ncnc3c2CCC3)C1. The number of nitrogens with one attached hydrogen (secondary N) is 1. The molecule has 0 radical (unpaired) electrons. The molecule has 0 bridgehead atoms. The summed E-state index contributed by atoms with van der Waals surface area (Å²) in [5.41, 5.74) is 2.41. The molecule has 2 aliphatic rings. The van der Waals surface area contributed by atoms with E-state index < -0.39 is 10.0 Å². The van der Waals surface area contributed by atoms with Crippen LogP contribution in [0.5, 0.6) is 0 Å². The summed E-state index contributed by atoms with van der Waals surface area (Å²) in [6.45, 7) is 1.53. The van der Waals surface area contributed by atoms with Crippen molar-refractivity contribution in [3.8, 4) is 0 Å². The first-order valence-electron chi connectivity index (χ1n) is 6.58. The van der Waals surface area contributed by atoms with Crippen molar-refractivity contribution in [2.75, 3.05) is 24.2 Å². The number of hydrogen-bond donors (Lipinski definition) is 1. The van der Waals surface area contributed by atoms with Gasteiger partial charge in [-0.1, -0.05) is 0 Å². The van der Waals surface area contributed by atoms with Gasteiger partial charge in [-0.2, -0.15) is 0 Å². The Labute approximate surface area is 113 Å². The van der Waals surface area contributed by atoms with Crippen molar-refractivity contribution in [2.24, 2.45) is 0 Å². The molecule has 1 aromatic rings. The molecule has 0 spiro atoms. The van der Waals surface area contributed by atoms with E-state index in [1.165, 1.54) is 11.8 Å². The summed E-state index contributed by atoms with van der Waals surface area (Å²) in [6, 6.07) is -0.0120. The van der Waals surface area contributed by atoms with E-state index in [2.05, 4.69) is 19.6 Å². The molecule has 1 atom stereocenters. The second-order valence-electron chi connectivity index (χ2n) is 5.30. The molecule has 104 valence electrons. The summed E-state index contributed by atoms with van der Waals surface area (Å²) in [6.07, 6.45) is 6.86. The van der Waals surface area contributed by atoms with Crippen LogP contribution in [0.25, 0.3) is 0 Å². The van der Waals surface area contributed by atoms with E-state index in [0.29, 0.717) is 6.54 Å². The second kappa shape index (κ2) is 4.72. The monoisotopic (exact) mass is 282 g/mol. The van der Waals surface area contributed by atoms with Gasteiger partial charge in [0.05, 0.1) is 6.26 Å². The molecule has 1 aliphatic carbocycles. The van der Waals surface area contributed by atoms with Crippen LogP contribution in [0.15, 0.2) is 6.33 Å². The minimum absolute atomic E-state index is 0.0120. The van der Waals surface area contributed by atoms with E-state index in [1.807, 2.05) is 0 Å². The largest absolute Gasteiger partial charge is 0.355 e. The maximum atomic E-state index is 11.3. The highest BCUT2D eigenvalue weighted by molar-refractivity contribution is 7.88. The van der Waals surface area contributed by atoms with Crippen molar-refractivity contribution in [2.45, 2.75) is 31.7 Å². The lowest BCUT2D eigenvalue weighted by Crippen LogP contribution is -2.36. The molecule has 1 fully saturated rings. The normalized spacial score (nSPS) is 22.8. The first-order valence-corrected chi connectivity index (χ1v) is 8.47. The molecule has 19 heavy (non-hydrogen) atoms. The van der Waals surface area contributed by atoms with Crippen LogP contribution in [0.2, 0.25) is 0 Å². The molecule has 1 unspecified atom stereocenters. The van der Waals surface area contributed by atoms with E-state index in [4.69, 9.17) is 0 Å². The zero-order valence-electron chi connectivity index (χ0n) is 11.0. The molecule has 1 aromatic heterocycles. The van der Waals surface area contributed by atoms with E-state index in [-0.39, 0.29) is 6.04 Å². The average Bonchev–Trinajstić information content (AvgIpc) is 2.94. The van der Waals surface area contributed by atoms with Crippen molar-refractivity contribution in [1.29, 1.82) is 0 Å². The van der Waals surface area contributed by atoms with E-state index >= 15 is 0 Å². The predicted octanol–water partition coefficient (Wildman–Crippen LogP) is 0.0932. The first-order chi connectivity index (χ1) is 9.03. The van der Waals surface area contributed by atoms with Crippen LogP contribution in [-0.4, -0.2) is 43.8 Å². The number of sulfonamides is 1. The van der Waals surface area contributed by atoms with Crippen LogP contribution >= 0.6 is 0 Å². The van der Waals surface area contributed by atoms with Crippen LogP contribution in [0.1, 0.15) is 24.1 Å². The summed E-state index contributed by atoms with van der Waals surface area (Å²) in [7, 11) is -3.13. The van der Waals surface area contributed by atoms with Crippen molar-refractivity contribution in [3.63, 3.8) is 0 Å². The first kappa shape index (κ1) is 12.8. The Hall–Kier alpha value is -1.21. The molecular weight excluding hydrogens is 264 g/mol. The van der Waals surface area contributed by atoms with Crippen molar-refractivity contribution < 1.29 is 8.42 Å². The third kappa shape index (κ3) is 2.71. The molecule has 3 rings (SSSR count). The molecule has 0 amide bonds. The predicted molar refractivity (Wildman–Crippen MR) is 72.7 cm³/mol. The summed E-state index contributed by atoms with van der Waals surface area (Å²) in [4.78, 5) is 10.9. The number of fused-ring (bicyclic) bond motifs is 1. The smallest absolute Gasteiger partial charge is 0.209 e. The molecule has 6 nitrogen and oxygen atoms in total. The fraction of sp³-hybridized carbons (Fsp3) is 0.667. The molecule has 7 heteroatoms. The van der Waals surface area contributed by atoms with E-state index in [0.717, 1.165) is 43.7 Å². The zero-order chi connectivity index (χ0) is 13.5. The number of nitrogens with zero attached hydrogens (tertiary/aromatic N) is 3. The van der Waals surface area contributed by atoms with Crippen LogP contribution in [0.4, 0.5) is 5.82 Å². The Morgan fingerprint density at radius 1 is 1.37 bits per heavy atom. The molecule has 1 N–H and O–H groups in total. The quantitative estimate of drug-likeness (QED) is 0.850. The van der Waals surface area contributed by atoms with Crippen LogP contribution in [-0.2, 0) is 22.9 Å². The summed E-state index contributed by atoms with van der Waals surface area (Å²) < 4.78 is 25.2. The average molecular weight is 282 g/mol.